The third kappa shape index (κ3) is 3.27. The van der Waals surface area contributed by atoms with E-state index in [-0.39, 0.29) is 24.2 Å². The summed E-state index contributed by atoms with van der Waals surface area (Å²) in [5, 5.41) is 2.80. The number of hydrogen-bond donors (Lipinski definition) is 1. The number of thioether (sulfide) groups is 1. The number of hydrogen-bond acceptors (Lipinski definition) is 3. The van der Waals surface area contributed by atoms with Crippen molar-refractivity contribution in [1.82, 2.24) is 10.2 Å². The average molecular weight is 449 g/mol. The van der Waals surface area contributed by atoms with Crippen molar-refractivity contribution in [2.24, 2.45) is 0 Å². The molecule has 2 aliphatic heterocycles. The number of carbonyl (C=O) groups is 2. The van der Waals surface area contributed by atoms with Gasteiger partial charge in [0.25, 0.3) is 0 Å². The van der Waals surface area contributed by atoms with E-state index in [1.807, 2.05) is 24.3 Å². The fourth-order valence-electron chi connectivity index (χ4n) is 3.79. The first-order valence-electron chi connectivity index (χ1n) is 8.74. The Labute approximate surface area is 169 Å². The van der Waals surface area contributed by atoms with Gasteiger partial charge in [0.05, 0.1) is 0 Å². The highest BCUT2D eigenvalue weighted by Gasteiger charge is 2.56. The molecule has 1 N–H and O–H groups in total. The Hall–Kier alpha value is -1.86. The summed E-state index contributed by atoms with van der Waals surface area (Å²) in [6.07, 6.45) is 1.12. The van der Waals surface area contributed by atoms with E-state index in [0.717, 1.165) is 10.0 Å². The quantitative estimate of drug-likeness (QED) is 0.773. The SMILES string of the molecule is O=C(NCc1ccccc1F)[C@H]1CS[C@]2(c3ccc(Br)cc3)CCC(=O)N12. The van der Waals surface area contributed by atoms with Crippen molar-refractivity contribution in [2.45, 2.75) is 30.3 Å². The Morgan fingerprint density at radius 1 is 1.26 bits per heavy atom. The minimum atomic E-state index is -0.541. The average Bonchev–Trinajstić information content (AvgIpc) is 3.21. The molecule has 0 aromatic heterocycles. The van der Waals surface area contributed by atoms with Crippen molar-refractivity contribution in [3.8, 4) is 0 Å². The predicted molar refractivity (Wildman–Crippen MR) is 106 cm³/mol. The van der Waals surface area contributed by atoms with Gasteiger partial charge >= 0.3 is 0 Å². The van der Waals surface area contributed by atoms with Gasteiger partial charge in [-0.25, -0.2) is 4.39 Å². The second kappa shape index (κ2) is 7.28. The zero-order valence-electron chi connectivity index (χ0n) is 14.5. The molecule has 4 nitrogen and oxygen atoms in total. The third-order valence-electron chi connectivity index (χ3n) is 5.14. The number of nitrogens with one attached hydrogen (secondary N) is 1. The first-order chi connectivity index (χ1) is 13.0. The number of rotatable bonds is 4. The Morgan fingerprint density at radius 3 is 2.74 bits per heavy atom. The Kier molecular flexibility index (Phi) is 4.99. The van der Waals surface area contributed by atoms with Gasteiger partial charge < -0.3 is 10.2 Å². The van der Waals surface area contributed by atoms with Gasteiger partial charge in [0.2, 0.25) is 11.8 Å². The molecule has 0 saturated carbocycles. The molecule has 2 atom stereocenters. The summed E-state index contributed by atoms with van der Waals surface area (Å²) in [6, 6.07) is 13.7. The zero-order chi connectivity index (χ0) is 19.0. The maximum absolute atomic E-state index is 13.8. The smallest absolute Gasteiger partial charge is 0.244 e. The summed E-state index contributed by atoms with van der Waals surface area (Å²) < 4.78 is 14.8. The van der Waals surface area contributed by atoms with E-state index in [1.54, 1.807) is 34.9 Å². The van der Waals surface area contributed by atoms with Gasteiger partial charge in [-0.2, -0.15) is 0 Å². The first kappa shape index (κ1) is 18.5. The van der Waals surface area contributed by atoms with Crippen LogP contribution in [0.4, 0.5) is 4.39 Å². The number of halogens is 2. The van der Waals surface area contributed by atoms with E-state index >= 15 is 0 Å². The lowest BCUT2D eigenvalue weighted by molar-refractivity contribution is -0.138. The lowest BCUT2D eigenvalue weighted by Gasteiger charge is -2.34. The molecule has 4 rings (SSSR count). The maximum atomic E-state index is 13.8. The highest BCUT2D eigenvalue weighted by molar-refractivity contribution is 9.10. The molecule has 2 aliphatic rings. The van der Waals surface area contributed by atoms with Crippen LogP contribution in [0.25, 0.3) is 0 Å². The third-order valence-corrected chi connectivity index (χ3v) is 7.26. The van der Waals surface area contributed by atoms with Gasteiger partial charge in [0.15, 0.2) is 0 Å². The molecule has 0 unspecified atom stereocenters. The molecular weight excluding hydrogens is 431 g/mol. The minimum absolute atomic E-state index is 0.00559. The van der Waals surface area contributed by atoms with Crippen LogP contribution >= 0.6 is 27.7 Å². The number of nitrogens with zero attached hydrogens (tertiary/aromatic N) is 1. The number of fused-ring (bicyclic) bond motifs is 1. The Bertz CT molecular complexity index is 892. The van der Waals surface area contributed by atoms with Crippen LogP contribution in [-0.4, -0.2) is 28.5 Å². The summed E-state index contributed by atoms with van der Waals surface area (Å²) in [5.41, 5.74) is 1.47. The second-order valence-electron chi connectivity index (χ2n) is 6.69. The molecule has 7 heteroatoms. The summed E-state index contributed by atoms with van der Waals surface area (Å²) >= 11 is 5.08. The van der Waals surface area contributed by atoms with E-state index in [4.69, 9.17) is 0 Å². The molecule has 0 aliphatic carbocycles. The van der Waals surface area contributed by atoms with Gasteiger partial charge in [-0.05, 0) is 30.2 Å². The van der Waals surface area contributed by atoms with Crippen molar-refractivity contribution < 1.29 is 14.0 Å². The van der Waals surface area contributed by atoms with E-state index in [1.165, 1.54) is 6.07 Å². The minimum Gasteiger partial charge on any atom is -0.350 e. The highest BCUT2D eigenvalue weighted by Crippen LogP contribution is 2.54. The van der Waals surface area contributed by atoms with Crippen molar-refractivity contribution in [1.29, 1.82) is 0 Å². The lowest BCUT2D eigenvalue weighted by atomic mass is 10.0. The second-order valence-corrected chi connectivity index (χ2v) is 8.90. The number of amides is 2. The van der Waals surface area contributed by atoms with Crippen LogP contribution in [0.3, 0.4) is 0 Å². The maximum Gasteiger partial charge on any atom is 0.244 e. The zero-order valence-corrected chi connectivity index (χ0v) is 16.9. The van der Waals surface area contributed by atoms with Gasteiger partial charge in [0, 0.05) is 28.8 Å². The molecule has 0 bridgehead atoms. The molecule has 27 heavy (non-hydrogen) atoms. The van der Waals surface area contributed by atoms with Gasteiger partial charge in [-0.1, -0.05) is 46.3 Å². The summed E-state index contributed by atoms with van der Waals surface area (Å²) in [5.74, 6) is -0.0562. The molecule has 2 aromatic carbocycles. The fraction of sp³-hybridized carbons (Fsp3) is 0.300. The van der Waals surface area contributed by atoms with Crippen LogP contribution in [0.5, 0.6) is 0 Å². The van der Waals surface area contributed by atoms with Crippen molar-refractivity contribution >= 4 is 39.5 Å². The largest absolute Gasteiger partial charge is 0.350 e. The van der Waals surface area contributed by atoms with Gasteiger partial charge in [-0.15, -0.1) is 11.8 Å². The fourth-order valence-corrected chi connectivity index (χ4v) is 5.70. The molecule has 2 aromatic rings. The van der Waals surface area contributed by atoms with E-state index < -0.39 is 10.9 Å². The predicted octanol–water partition coefficient (Wildman–Crippen LogP) is 3.80. The van der Waals surface area contributed by atoms with E-state index in [2.05, 4.69) is 21.2 Å². The molecule has 0 radical (unpaired) electrons. The monoisotopic (exact) mass is 448 g/mol. The molecule has 2 fully saturated rings. The van der Waals surface area contributed by atoms with Crippen LogP contribution in [0.1, 0.15) is 24.0 Å². The van der Waals surface area contributed by atoms with E-state index in [9.17, 15) is 14.0 Å². The molecule has 0 spiro atoms. The summed E-state index contributed by atoms with van der Waals surface area (Å²) in [6.45, 7) is 0.111. The molecule has 2 heterocycles. The standard InChI is InChI=1S/C20H18BrFN2O2S/c21-15-7-5-14(6-8-15)20-10-9-18(25)24(20)17(12-27-20)19(26)23-11-13-3-1-2-4-16(13)22/h1-8,17H,9-12H2,(H,23,26)/t17-,20+/m1/s1. The topological polar surface area (TPSA) is 49.4 Å². The molecule has 140 valence electrons. The van der Waals surface area contributed by atoms with Crippen LogP contribution in [0.15, 0.2) is 53.0 Å². The number of carbonyl (C=O) groups excluding carboxylic acids is 2. The van der Waals surface area contributed by atoms with Crippen molar-refractivity contribution in [3.05, 3.63) is 69.9 Å². The van der Waals surface area contributed by atoms with Crippen molar-refractivity contribution in [3.63, 3.8) is 0 Å². The van der Waals surface area contributed by atoms with Gasteiger partial charge in [0.1, 0.15) is 16.7 Å². The molecule has 2 saturated heterocycles. The molecule has 2 amide bonds. The normalized spacial score (nSPS) is 24.1. The Morgan fingerprint density at radius 2 is 2.00 bits per heavy atom. The number of benzene rings is 2. The van der Waals surface area contributed by atoms with Gasteiger partial charge in [-0.3, -0.25) is 9.59 Å². The van der Waals surface area contributed by atoms with Crippen LogP contribution in [-0.2, 0) is 21.0 Å². The van der Waals surface area contributed by atoms with Crippen molar-refractivity contribution in [2.75, 3.05) is 5.75 Å². The summed E-state index contributed by atoms with van der Waals surface area (Å²) in [4.78, 5) is 26.7. The van der Waals surface area contributed by atoms with Crippen LogP contribution in [0, 0.1) is 5.82 Å². The lowest BCUT2D eigenvalue weighted by Crippen LogP contribution is -2.49. The highest BCUT2D eigenvalue weighted by atomic mass is 79.9. The van der Waals surface area contributed by atoms with Crippen LogP contribution < -0.4 is 5.32 Å². The Balaban J connectivity index is 1.54. The van der Waals surface area contributed by atoms with E-state index in [0.29, 0.717) is 24.2 Å². The van der Waals surface area contributed by atoms with Crippen LogP contribution in [0.2, 0.25) is 0 Å². The first-order valence-corrected chi connectivity index (χ1v) is 10.5. The molecular formula is C20H18BrFN2O2S. The summed E-state index contributed by atoms with van der Waals surface area (Å²) in [7, 11) is 0.